The summed E-state index contributed by atoms with van der Waals surface area (Å²) in [5.74, 6) is 1.55. The molecule has 4 nitrogen and oxygen atoms in total. The molecule has 2 aromatic heterocycles. The Morgan fingerprint density at radius 1 is 0.926 bits per heavy atom. The molecule has 2 aromatic carbocycles. The summed E-state index contributed by atoms with van der Waals surface area (Å²) in [6, 6.07) is 17.5. The van der Waals surface area contributed by atoms with Gasteiger partial charge in [0.05, 0.1) is 23.0 Å². The lowest BCUT2D eigenvalue weighted by Crippen LogP contribution is -1.87. The molecule has 0 fully saturated rings. The van der Waals surface area contributed by atoms with E-state index in [2.05, 4.69) is 25.9 Å². The summed E-state index contributed by atoms with van der Waals surface area (Å²) in [6.07, 6.45) is 3.54. The molecule has 0 saturated heterocycles. The van der Waals surface area contributed by atoms with Crippen LogP contribution in [0.5, 0.6) is 5.75 Å². The van der Waals surface area contributed by atoms with E-state index in [0.29, 0.717) is 5.02 Å². The van der Waals surface area contributed by atoms with Crippen LogP contribution in [0.15, 0.2) is 71.5 Å². The number of ether oxygens (including phenoxy) is 1. The van der Waals surface area contributed by atoms with Crippen molar-refractivity contribution in [2.45, 2.75) is 0 Å². The van der Waals surface area contributed by atoms with E-state index in [0.717, 1.165) is 44.1 Å². The maximum absolute atomic E-state index is 6.02. The molecule has 134 valence electrons. The van der Waals surface area contributed by atoms with E-state index in [4.69, 9.17) is 21.3 Å². The zero-order chi connectivity index (χ0) is 18.8. The number of imidazole rings is 1. The van der Waals surface area contributed by atoms with Crippen molar-refractivity contribution in [2.75, 3.05) is 7.11 Å². The fourth-order valence-corrected chi connectivity index (χ4v) is 3.53. The summed E-state index contributed by atoms with van der Waals surface area (Å²) in [7, 11) is 1.65. The molecule has 0 radical (unpaired) electrons. The Morgan fingerprint density at radius 2 is 1.63 bits per heavy atom. The summed E-state index contributed by atoms with van der Waals surface area (Å²) < 4.78 is 6.21. The van der Waals surface area contributed by atoms with Gasteiger partial charge in [-0.05, 0) is 70.5 Å². The van der Waals surface area contributed by atoms with Gasteiger partial charge < -0.3 is 9.72 Å². The first-order valence-corrected chi connectivity index (χ1v) is 9.43. The molecule has 0 unspecified atom stereocenters. The van der Waals surface area contributed by atoms with Crippen molar-refractivity contribution in [3.05, 3.63) is 76.5 Å². The Balaban J connectivity index is 1.88. The summed E-state index contributed by atoms with van der Waals surface area (Å²) >= 11 is 9.58. The number of aromatic nitrogens is 3. The minimum atomic E-state index is 0.693. The summed E-state index contributed by atoms with van der Waals surface area (Å²) in [6.45, 7) is 0. The number of hydrogen-bond acceptors (Lipinski definition) is 3. The van der Waals surface area contributed by atoms with Crippen molar-refractivity contribution in [3.8, 4) is 39.7 Å². The summed E-state index contributed by atoms with van der Waals surface area (Å²) in [5.41, 5.74) is 4.74. The van der Waals surface area contributed by atoms with Crippen molar-refractivity contribution in [1.29, 1.82) is 0 Å². The molecule has 0 saturated carbocycles. The predicted octanol–water partition coefficient (Wildman–Crippen LogP) is 6.23. The van der Waals surface area contributed by atoms with Gasteiger partial charge in [0.2, 0.25) is 0 Å². The van der Waals surface area contributed by atoms with Crippen molar-refractivity contribution in [2.24, 2.45) is 0 Å². The molecule has 0 atom stereocenters. The third-order valence-corrected chi connectivity index (χ3v) is 5.09. The number of rotatable bonds is 4. The summed E-state index contributed by atoms with van der Waals surface area (Å²) in [5, 5.41) is 0.693. The highest BCUT2D eigenvalue weighted by Crippen LogP contribution is 2.36. The monoisotopic (exact) mass is 439 g/mol. The number of aromatic amines is 1. The lowest BCUT2D eigenvalue weighted by Gasteiger charge is -2.06. The molecule has 27 heavy (non-hydrogen) atoms. The van der Waals surface area contributed by atoms with E-state index in [1.165, 1.54) is 0 Å². The average molecular weight is 441 g/mol. The van der Waals surface area contributed by atoms with Gasteiger partial charge in [0.1, 0.15) is 11.6 Å². The third-order valence-electron chi connectivity index (χ3n) is 4.22. The second-order valence-electron chi connectivity index (χ2n) is 5.90. The zero-order valence-corrected chi connectivity index (χ0v) is 16.8. The molecular formula is C21H15BrClN3O. The van der Waals surface area contributed by atoms with Crippen LogP contribution in [0.4, 0.5) is 0 Å². The highest BCUT2D eigenvalue weighted by molar-refractivity contribution is 9.10. The number of benzene rings is 2. The van der Waals surface area contributed by atoms with Crippen molar-refractivity contribution in [1.82, 2.24) is 15.0 Å². The zero-order valence-electron chi connectivity index (χ0n) is 14.4. The van der Waals surface area contributed by atoms with Crippen molar-refractivity contribution >= 4 is 27.5 Å². The quantitative estimate of drug-likeness (QED) is 0.409. The normalized spacial score (nSPS) is 10.8. The van der Waals surface area contributed by atoms with Gasteiger partial charge in [-0.3, -0.25) is 4.98 Å². The Bertz CT molecular complexity index is 1080. The highest BCUT2D eigenvalue weighted by atomic mass is 79.9. The Hall–Kier alpha value is -2.63. The second-order valence-corrected chi connectivity index (χ2v) is 7.19. The predicted molar refractivity (Wildman–Crippen MR) is 112 cm³/mol. The molecule has 4 rings (SSSR count). The Labute approximate surface area is 170 Å². The van der Waals surface area contributed by atoms with Gasteiger partial charge in [-0.2, -0.15) is 0 Å². The second kappa shape index (κ2) is 7.55. The molecule has 0 amide bonds. The molecule has 0 aliphatic rings. The fraction of sp³-hybridized carbons (Fsp3) is 0.0476. The molecule has 1 N–H and O–H groups in total. The standard InChI is InChI=1S/C21H15BrClN3O/c1-27-18-7-4-15(12-17(18)22)20-19(13-8-10-24-11-9-13)25-21(26-20)14-2-5-16(23)6-3-14/h2-12H,1H3,(H,25,26). The number of H-pyrrole nitrogens is 1. The van der Waals surface area contributed by atoms with Crippen molar-refractivity contribution in [3.63, 3.8) is 0 Å². The van der Waals surface area contributed by atoms with E-state index < -0.39 is 0 Å². The van der Waals surface area contributed by atoms with E-state index >= 15 is 0 Å². The van der Waals surface area contributed by atoms with Crippen LogP contribution >= 0.6 is 27.5 Å². The molecule has 0 bridgehead atoms. The minimum absolute atomic E-state index is 0.693. The van der Waals surface area contributed by atoms with Gasteiger partial charge in [-0.1, -0.05) is 11.6 Å². The van der Waals surface area contributed by atoms with Gasteiger partial charge in [-0.25, -0.2) is 4.98 Å². The van der Waals surface area contributed by atoms with Crippen LogP contribution in [0.1, 0.15) is 0 Å². The first kappa shape index (κ1) is 17.8. The van der Waals surface area contributed by atoms with Gasteiger partial charge in [-0.15, -0.1) is 0 Å². The maximum atomic E-state index is 6.02. The number of nitrogens with one attached hydrogen (secondary N) is 1. The van der Waals surface area contributed by atoms with E-state index in [9.17, 15) is 0 Å². The van der Waals surface area contributed by atoms with E-state index in [-0.39, 0.29) is 0 Å². The van der Waals surface area contributed by atoms with Gasteiger partial charge in [0.15, 0.2) is 0 Å². The van der Waals surface area contributed by atoms with Gasteiger partial charge in [0, 0.05) is 34.1 Å². The molecule has 6 heteroatoms. The molecule has 0 spiro atoms. The number of nitrogens with zero attached hydrogens (tertiary/aromatic N) is 2. The molecular weight excluding hydrogens is 426 g/mol. The summed E-state index contributed by atoms with van der Waals surface area (Å²) in [4.78, 5) is 12.4. The lowest BCUT2D eigenvalue weighted by molar-refractivity contribution is 0.412. The fourth-order valence-electron chi connectivity index (χ4n) is 2.87. The maximum Gasteiger partial charge on any atom is 0.138 e. The SMILES string of the molecule is COc1ccc(-c2nc(-c3ccc(Cl)cc3)[nH]c2-c2ccncc2)cc1Br. The average Bonchev–Trinajstić information content (AvgIpc) is 3.14. The third kappa shape index (κ3) is 3.61. The van der Waals surface area contributed by atoms with E-state index in [1.54, 1.807) is 19.5 Å². The molecule has 0 aliphatic heterocycles. The van der Waals surface area contributed by atoms with Crippen molar-refractivity contribution < 1.29 is 4.74 Å². The van der Waals surface area contributed by atoms with Crippen LogP contribution in [0.3, 0.4) is 0 Å². The van der Waals surface area contributed by atoms with Gasteiger partial charge in [0.25, 0.3) is 0 Å². The van der Waals surface area contributed by atoms with Crippen LogP contribution in [0.25, 0.3) is 33.9 Å². The smallest absolute Gasteiger partial charge is 0.138 e. The Kier molecular flexibility index (Phi) is 4.97. The first-order chi connectivity index (χ1) is 13.2. The topological polar surface area (TPSA) is 50.8 Å². The van der Waals surface area contributed by atoms with Crippen LogP contribution < -0.4 is 4.74 Å². The molecule has 4 aromatic rings. The van der Waals surface area contributed by atoms with Crippen LogP contribution in [-0.4, -0.2) is 22.1 Å². The first-order valence-electron chi connectivity index (χ1n) is 8.26. The van der Waals surface area contributed by atoms with Gasteiger partial charge >= 0.3 is 0 Å². The van der Waals surface area contributed by atoms with E-state index in [1.807, 2.05) is 54.6 Å². The number of methoxy groups -OCH3 is 1. The lowest BCUT2D eigenvalue weighted by atomic mass is 10.1. The largest absolute Gasteiger partial charge is 0.496 e. The highest BCUT2D eigenvalue weighted by Gasteiger charge is 2.16. The van der Waals surface area contributed by atoms with Crippen LogP contribution in [-0.2, 0) is 0 Å². The molecule has 0 aliphatic carbocycles. The number of halogens is 2. The number of hydrogen-bond donors (Lipinski definition) is 1. The van der Waals surface area contributed by atoms with Crippen LogP contribution in [0, 0.1) is 0 Å². The Morgan fingerprint density at radius 3 is 2.30 bits per heavy atom. The minimum Gasteiger partial charge on any atom is -0.496 e. The van der Waals surface area contributed by atoms with Crippen LogP contribution in [0.2, 0.25) is 5.02 Å². The molecule has 2 heterocycles. The number of pyridine rings is 1.